The molecule has 1 aliphatic rings. The van der Waals surface area contributed by atoms with Gasteiger partial charge in [0.15, 0.2) is 0 Å². The summed E-state index contributed by atoms with van der Waals surface area (Å²) in [6.07, 6.45) is 2.00. The molecule has 1 aliphatic heterocycles. The number of benzene rings is 1. The van der Waals surface area contributed by atoms with Crippen LogP contribution in [-0.4, -0.2) is 6.61 Å². The lowest BCUT2D eigenvalue weighted by Crippen LogP contribution is -2.01. The lowest BCUT2D eigenvalue weighted by Gasteiger charge is -2.10. The molecule has 0 amide bonds. The molecular formula is C13H14O. The number of ether oxygens (including phenoxy) is 1. The van der Waals surface area contributed by atoms with Crippen molar-refractivity contribution >= 4 is 0 Å². The van der Waals surface area contributed by atoms with E-state index < -0.39 is 0 Å². The van der Waals surface area contributed by atoms with Gasteiger partial charge in [-0.3, -0.25) is 0 Å². The smallest absolute Gasteiger partial charge is 0.143 e. The summed E-state index contributed by atoms with van der Waals surface area (Å²) in [4.78, 5) is 0. The quantitative estimate of drug-likeness (QED) is 0.613. The largest absolute Gasteiger partial charge is 0.361 e. The molecule has 1 aromatic rings. The second kappa shape index (κ2) is 4.30. The first-order valence-corrected chi connectivity index (χ1v) is 5.03. The third-order valence-electron chi connectivity index (χ3n) is 2.34. The van der Waals surface area contributed by atoms with E-state index in [2.05, 4.69) is 43.0 Å². The van der Waals surface area contributed by atoms with Gasteiger partial charge < -0.3 is 4.74 Å². The van der Waals surface area contributed by atoms with Crippen LogP contribution in [0.15, 0.2) is 24.3 Å². The highest BCUT2D eigenvalue weighted by Gasteiger charge is 2.09. The Morgan fingerprint density at radius 2 is 2.07 bits per heavy atom. The minimum atomic E-state index is -0.0156. The Hall–Kier alpha value is -1.26. The number of hydrogen-bond acceptors (Lipinski definition) is 1. The Labute approximate surface area is 85.1 Å². The van der Waals surface area contributed by atoms with E-state index in [-0.39, 0.29) is 6.10 Å². The van der Waals surface area contributed by atoms with Gasteiger partial charge in [0, 0.05) is 13.0 Å². The van der Waals surface area contributed by atoms with Gasteiger partial charge in [0.25, 0.3) is 0 Å². The van der Waals surface area contributed by atoms with Gasteiger partial charge in [-0.15, -0.1) is 5.92 Å². The Morgan fingerprint density at radius 1 is 1.29 bits per heavy atom. The van der Waals surface area contributed by atoms with Crippen molar-refractivity contribution in [3.05, 3.63) is 35.4 Å². The van der Waals surface area contributed by atoms with Crippen molar-refractivity contribution in [1.29, 1.82) is 0 Å². The van der Waals surface area contributed by atoms with Crippen molar-refractivity contribution in [3.8, 4) is 11.8 Å². The van der Waals surface area contributed by atoms with E-state index in [1.54, 1.807) is 0 Å². The third-order valence-corrected chi connectivity index (χ3v) is 2.34. The molecule has 0 aromatic heterocycles. The number of rotatable bonds is 1. The normalized spacial score (nSPS) is 20.8. The highest BCUT2D eigenvalue weighted by molar-refractivity contribution is 5.28. The highest BCUT2D eigenvalue weighted by atomic mass is 16.5. The minimum Gasteiger partial charge on any atom is -0.361 e. The Bertz CT molecular complexity index is 353. The molecule has 1 atom stereocenters. The predicted molar refractivity (Wildman–Crippen MR) is 56.9 cm³/mol. The summed E-state index contributed by atoms with van der Waals surface area (Å²) in [7, 11) is 0. The maximum absolute atomic E-state index is 5.66. The second-order valence-electron chi connectivity index (χ2n) is 3.59. The van der Waals surface area contributed by atoms with E-state index >= 15 is 0 Å². The van der Waals surface area contributed by atoms with E-state index in [4.69, 9.17) is 4.74 Å². The van der Waals surface area contributed by atoms with Crippen LogP contribution >= 0.6 is 0 Å². The van der Waals surface area contributed by atoms with Crippen molar-refractivity contribution in [1.82, 2.24) is 0 Å². The molecule has 72 valence electrons. The van der Waals surface area contributed by atoms with Gasteiger partial charge >= 0.3 is 0 Å². The molecule has 14 heavy (non-hydrogen) atoms. The number of aryl methyl sites for hydroxylation is 1. The fourth-order valence-corrected chi connectivity index (χ4v) is 1.49. The summed E-state index contributed by atoms with van der Waals surface area (Å²) < 4.78 is 5.66. The van der Waals surface area contributed by atoms with Crippen LogP contribution in [0, 0.1) is 18.8 Å². The summed E-state index contributed by atoms with van der Waals surface area (Å²) >= 11 is 0. The zero-order valence-corrected chi connectivity index (χ0v) is 8.42. The standard InChI is InChI=1S/C13H14O/c1-11-6-8-12(9-7-11)13-5-3-2-4-10-14-13/h6-9,13H,2,4,10H2,1H3/t13-/m0/s1. The highest BCUT2D eigenvalue weighted by Crippen LogP contribution is 2.19. The molecule has 2 rings (SSSR count). The molecule has 0 unspecified atom stereocenters. The minimum absolute atomic E-state index is 0.0156. The van der Waals surface area contributed by atoms with Crippen LogP contribution in [0.25, 0.3) is 0 Å². The Morgan fingerprint density at radius 3 is 2.86 bits per heavy atom. The average Bonchev–Trinajstić information content (AvgIpc) is 2.47. The molecule has 1 aromatic carbocycles. The van der Waals surface area contributed by atoms with E-state index in [0.29, 0.717) is 0 Å². The molecule has 0 bridgehead atoms. The topological polar surface area (TPSA) is 9.23 Å². The van der Waals surface area contributed by atoms with E-state index in [0.717, 1.165) is 19.4 Å². The first kappa shape index (κ1) is 9.30. The maximum Gasteiger partial charge on any atom is 0.143 e. The van der Waals surface area contributed by atoms with Gasteiger partial charge in [0.2, 0.25) is 0 Å². The predicted octanol–water partition coefficient (Wildman–Crippen LogP) is 2.85. The monoisotopic (exact) mass is 186 g/mol. The SMILES string of the molecule is Cc1ccc([C@@H]2C#CCCCO2)cc1. The molecule has 0 saturated carbocycles. The van der Waals surface area contributed by atoms with Crippen molar-refractivity contribution in [2.24, 2.45) is 0 Å². The molecular weight excluding hydrogens is 172 g/mol. The molecule has 0 spiro atoms. The molecule has 0 saturated heterocycles. The average molecular weight is 186 g/mol. The number of hydrogen-bond donors (Lipinski definition) is 0. The van der Waals surface area contributed by atoms with Gasteiger partial charge in [-0.1, -0.05) is 35.7 Å². The van der Waals surface area contributed by atoms with Crippen LogP contribution in [0.4, 0.5) is 0 Å². The summed E-state index contributed by atoms with van der Waals surface area (Å²) in [5, 5.41) is 0. The molecule has 1 nitrogen and oxygen atoms in total. The van der Waals surface area contributed by atoms with Crippen molar-refractivity contribution < 1.29 is 4.74 Å². The molecule has 0 aliphatic carbocycles. The van der Waals surface area contributed by atoms with E-state index in [1.807, 2.05) is 0 Å². The van der Waals surface area contributed by atoms with Crippen molar-refractivity contribution in [3.63, 3.8) is 0 Å². The van der Waals surface area contributed by atoms with Gasteiger partial charge in [0.1, 0.15) is 6.10 Å². The lowest BCUT2D eigenvalue weighted by molar-refractivity contribution is 0.0933. The molecule has 0 fully saturated rings. The van der Waals surface area contributed by atoms with Gasteiger partial charge in [-0.2, -0.15) is 0 Å². The molecule has 1 heterocycles. The van der Waals surface area contributed by atoms with Gasteiger partial charge in [0.05, 0.1) is 0 Å². The van der Waals surface area contributed by atoms with Gasteiger partial charge in [-0.05, 0) is 18.9 Å². The third kappa shape index (κ3) is 2.16. The molecule has 0 N–H and O–H groups in total. The van der Waals surface area contributed by atoms with Crippen LogP contribution in [0.5, 0.6) is 0 Å². The summed E-state index contributed by atoms with van der Waals surface area (Å²) in [6, 6.07) is 8.40. The van der Waals surface area contributed by atoms with E-state index in [9.17, 15) is 0 Å². The zero-order valence-electron chi connectivity index (χ0n) is 8.42. The fraction of sp³-hybridized carbons (Fsp3) is 0.385. The van der Waals surface area contributed by atoms with Crippen molar-refractivity contribution in [2.45, 2.75) is 25.9 Å². The van der Waals surface area contributed by atoms with Gasteiger partial charge in [-0.25, -0.2) is 0 Å². The lowest BCUT2D eigenvalue weighted by atomic mass is 10.1. The second-order valence-corrected chi connectivity index (χ2v) is 3.59. The van der Waals surface area contributed by atoms with Crippen LogP contribution in [-0.2, 0) is 4.74 Å². The first-order valence-electron chi connectivity index (χ1n) is 5.03. The summed E-state index contributed by atoms with van der Waals surface area (Å²) in [6.45, 7) is 2.89. The van der Waals surface area contributed by atoms with Crippen LogP contribution in [0.2, 0.25) is 0 Å². The van der Waals surface area contributed by atoms with Crippen molar-refractivity contribution in [2.75, 3.05) is 6.61 Å². The van der Waals surface area contributed by atoms with Crippen LogP contribution in [0.1, 0.15) is 30.1 Å². The Kier molecular flexibility index (Phi) is 2.86. The van der Waals surface area contributed by atoms with Crippen LogP contribution < -0.4 is 0 Å². The first-order chi connectivity index (χ1) is 6.86. The molecule has 1 heteroatoms. The van der Waals surface area contributed by atoms with Crippen LogP contribution in [0.3, 0.4) is 0 Å². The maximum atomic E-state index is 5.66. The summed E-state index contributed by atoms with van der Waals surface area (Å²) in [5.41, 5.74) is 2.44. The zero-order chi connectivity index (χ0) is 9.80. The Balaban J connectivity index is 2.19. The fourth-order valence-electron chi connectivity index (χ4n) is 1.49. The molecule has 0 radical (unpaired) electrons. The van der Waals surface area contributed by atoms with E-state index in [1.165, 1.54) is 11.1 Å². The summed E-state index contributed by atoms with van der Waals surface area (Å²) in [5.74, 6) is 6.28.